The summed E-state index contributed by atoms with van der Waals surface area (Å²) in [5.41, 5.74) is 2.69. The standard InChI is InChI=1S/C31H30F2N6O3/c1-19(2)29(30-35-36-37-39(30)17-21-5-9-25(33)10-6-21)38(16-20-3-7-24(32)8-4-20)18-23-13-22-14-27-28(42-12-11-41-27)15-26(22)34-31(23)40/h3-10,13-15,19,29H,11-12,16-18H2,1-2H3,(H,34,40). The van der Waals surface area contributed by atoms with Gasteiger partial charge in [-0.1, -0.05) is 38.1 Å². The van der Waals surface area contributed by atoms with Crippen molar-refractivity contribution in [3.8, 4) is 11.5 Å². The maximum Gasteiger partial charge on any atom is 0.252 e. The molecule has 11 heteroatoms. The number of ether oxygens (including phenoxy) is 2. The molecule has 0 amide bonds. The molecule has 0 bridgehead atoms. The zero-order valence-corrected chi connectivity index (χ0v) is 23.3. The third-order valence-electron chi connectivity index (χ3n) is 7.35. The maximum absolute atomic E-state index is 13.8. The summed E-state index contributed by atoms with van der Waals surface area (Å²) in [6.07, 6.45) is 0. The first kappa shape index (κ1) is 27.5. The van der Waals surface area contributed by atoms with Gasteiger partial charge in [-0.3, -0.25) is 9.69 Å². The van der Waals surface area contributed by atoms with Crippen molar-refractivity contribution in [2.45, 2.75) is 39.5 Å². The van der Waals surface area contributed by atoms with E-state index in [0.717, 1.165) is 16.5 Å². The predicted octanol–water partition coefficient (Wildman–Crippen LogP) is 5.01. The monoisotopic (exact) mass is 572 g/mol. The number of tetrazole rings is 1. The number of nitrogens with zero attached hydrogens (tertiary/aromatic N) is 5. The van der Waals surface area contributed by atoms with Gasteiger partial charge in [0.15, 0.2) is 17.3 Å². The fraction of sp³-hybridized carbons (Fsp3) is 0.290. The molecule has 1 atom stereocenters. The van der Waals surface area contributed by atoms with Gasteiger partial charge in [0.25, 0.3) is 5.56 Å². The first-order valence-electron chi connectivity index (χ1n) is 13.8. The van der Waals surface area contributed by atoms with Gasteiger partial charge in [0, 0.05) is 30.1 Å². The summed E-state index contributed by atoms with van der Waals surface area (Å²) in [6.45, 7) is 6.06. The quantitative estimate of drug-likeness (QED) is 0.265. The number of aromatic amines is 1. The molecule has 0 spiro atoms. The van der Waals surface area contributed by atoms with Crippen LogP contribution in [-0.2, 0) is 19.6 Å². The summed E-state index contributed by atoms with van der Waals surface area (Å²) in [4.78, 5) is 18.5. The lowest BCUT2D eigenvalue weighted by atomic mass is 9.99. The van der Waals surface area contributed by atoms with E-state index in [1.165, 1.54) is 24.3 Å². The van der Waals surface area contributed by atoms with Crippen LogP contribution < -0.4 is 15.0 Å². The molecule has 9 nitrogen and oxygen atoms in total. The molecular formula is C31H30F2N6O3. The van der Waals surface area contributed by atoms with E-state index < -0.39 is 0 Å². The van der Waals surface area contributed by atoms with Crippen molar-refractivity contribution in [2.75, 3.05) is 13.2 Å². The second kappa shape index (κ2) is 11.7. The average Bonchev–Trinajstić information content (AvgIpc) is 3.42. The van der Waals surface area contributed by atoms with Crippen molar-refractivity contribution in [3.63, 3.8) is 0 Å². The molecule has 0 fully saturated rings. The molecule has 2 aromatic heterocycles. The van der Waals surface area contributed by atoms with Gasteiger partial charge in [0.2, 0.25) is 0 Å². The highest BCUT2D eigenvalue weighted by Gasteiger charge is 2.30. The molecule has 0 radical (unpaired) electrons. The van der Waals surface area contributed by atoms with Gasteiger partial charge in [0.05, 0.1) is 18.1 Å². The highest BCUT2D eigenvalue weighted by atomic mass is 19.1. The van der Waals surface area contributed by atoms with Gasteiger partial charge in [-0.15, -0.1) is 5.10 Å². The Morgan fingerprint density at radius 3 is 2.21 bits per heavy atom. The summed E-state index contributed by atoms with van der Waals surface area (Å²) >= 11 is 0. The zero-order valence-electron chi connectivity index (χ0n) is 23.3. The number of halogens is 2. The second-order valence-electron chi connectivity index (χ2n) is 10.7. The number of hydrogen-bond donors (Lipinski definition) is 1. The SMILES string of the molecule is CC(C)C(c1nnnn1Cc1ccc(F)cc1)N(Cc1ccc(F)cc1)Cc1cc2cc3c(cc2[nH]c1=O)OCCO3. The summed E-state index contributed by atoms with van der Waals surface area (Å²) < 4.78 is 40.4. The van der Waals surface area contributed by atoms with E-state index >= 15 is 0 Å². The summed E-state index contributed by atoms with van der Waals surface area (Å²) in [5.74, 6) is 1.22. The molecule has 1 aliphatic heterocycles. The van der Waals surface area contributed by atoms with Crippen LogP contribution in [0.1, 0.15) is 42.4 Å². The Bertz CT molecular complexity index is 1750. The normalized spacial score (nSPS) is 13.7. The van der Waals surface area contributed by atoms with Crippen LogP contribution >= 0.6 is 0 Å². The second-order valence-corrected chi connectivity index (χ2v) is 10.7. The molecule has 1 unspecified atom stereocenters. The Balaban J connectivity index is 1.39. The lowest BCUT2D eigenvalue weighted by Crippen LogP contribution is -2.35. The number of nitrogens with one attached hydrogen (secondary N) is 1. The smallest absolute Gasteiger partial charge is 0.252 e. The minimum absolute atomic E-state index is 0.0283. The summed E-state index contributed by atoms with van der Waals surface area (Å²) in [6, 6.07) is 17.7. The van der Waals surface area contributed by atoms with Crippen molar-refractivity contribution < 1.29 is 18.3 Å². The highest BCUT2D eigenvalue weighted by molar-refractivity contribution is 5.83. The molecule has 216 valence electrons. The van der Waals surface area contributed by atoms with Crippen molar-refractivity contribution in [3.05, 3.63) is 111 Å². The molecule has 6 rings (SSSR count). The van der Waals surface area contributed by atoms with Crippen LogP contribution in [-0.4, -0.2) is 43.3 Å². The van der Waals surface area contributed by atoms with Crippen molar-refractivity contribution in [2.24, 2.45) is 5.92 Å². The van der Waals surface area contributed by atoms with E-state index in [9.17, 15) is 13.6 Å². The third kappa shape index (κ3) is 5.87. The van der Waals surface area contributed by atoms with E-state index in [1.54, 1.807) is 35.0 Å². The van der Waals surface area contributed by atoms with E-state index in [4.69, 9.17) is 9.47 Å². The number of aromatic nitrogens is 5. The molecule has 3 aromatic carbocycles. The molecule has 0 aliphatic carbocycles. The first-order chi connectivity index (χ1) is 20.3. The molecule has 0 saturated carbocycles. The lowest BCUT2D eigenvalue weighted by Gasteiger charge is -2.33. The molecular weight excluding hydrogens is 542 g/mol. The predicted molar refractivity (Wildman–Crippen MR) is 152 cm³/mol. The fourth-order valence-electron chi connectivity index (χ4n) is 5.38. The first-order valence-corrected chi connectivity index (χ1v) is 13.8. The van der Waals surface area contributed by atoms with Crippen LogP contribution in [0.4, 0.5) is 8.78 Å². The average molecular weight is 573 g/mol. The maximum atomic E-state index is 13.8. The van der Waals surface area contributed by atoms with Crippen LogP contribution in [0, 0.1) is 17.6 Å². The van der Waals surface area contributed by atoms with E-state index in [0.29, 0.717) is 54.7 Å². The van der Waals surface area contributed by atoms with Crippen LogP contribution in [0.2, 0.25) is 0 Å². The Morgan fingerprint density at radius 1 is 0.905 bits per heavy atom. The lowest BCUT2D eigenvalue weighted by molar-refractivity contribution is 0.126. The van der Waals surface area contributed by atoms with Crippen molar-refractivity contribution >= 4 is 10.9 Å². The Morgan fingerprint density at radius 2 is 1.55 bits per heavy atom. The number of hydrogen-bond acceptors (Lipinski definition) is 7. The van der Waals surface area contributed by atoms with Crippen LogP contribution in [0.3, 0.4) is 0 Å². The number of pyridine rings is 1. The molecule has 3 heterocycles. The van der Waals surface area contributed by atoms with Gasteiger partial charge in [-0.05, 0) is 63.9 Å². The summed E-state index contributed by atoms with van der Waals surface area (Å²) in [5, 5.41) is 13.4. The number of fused-ring (bicyclic) bond motifs is 2. The fourth-order valence-corrected chi connectivity index (χ4v) is 5.38. The van der Waals surface area contributed by atoms with Gasteiger partial charge >= 0.3 is 0 Å². The van der Waals surface area contributed by atoms with Crippen molar-refractivity contribution in [1.82, 2.24) is 30.1 Å². The number of rotatable bonds is 9. The Hall–Kier alpha value is -4.64. The topological polar surface area (TPSA) is 98.2 Å². The molecule has 1 aliphatic rings. The molecule has 1 N–H and O–H groups in total. The van der Waals surface area contributed by atoms with E-state index in [-0.39, 0.29) is 35.7 Å². The minimum atomic E-state index is -0.325. The Kier molecular flexibility index (Phi) is 7.66. The van der Waals surface area contributed by atoms with Crippen LogP contribution in [0.25, 0.3) is 10.9 Å². The number of H-pyrrole nitrogens is 1. The van der Waals surface area contributed by atoms with Gasteiger partial charge in [-0.2, -0.15) is 0 Å². The zero-order chi connectivity index (χ0) is 29.2. The van der Waals surface area contributed by atoms with Crippen LogP contribution in [0.5, 0.6) is 11.5 Å². The largest absolute Gasteiger partial charge is 0.486 e. The Labute approximate surface area is 240 Å². The third-order valence-corrected chi connectivity index (χ3v) is 7.35. The van der Waals surface area contributed by atoms with E-state index in [2.05, 4.69) is 39.3 Å². The van der Waals surface area contributed by atoms with Gasteiger partial charge < -0.3 is 14.5 Å². The molecule has 42 heavy (non-hydrogen) atoms. The molecule has 0 saturated heterocycles. The van der Waals surface area contributed by atoms with Gasteiger partial charge in [-0.25, -0.2) is 13.5 Å². The van der Waals surface area contributed by atoms with E-state index in [1.807, 2.05) is 12.1 Å². The summed E-state index contributed by atoms with van der Waals surface area (Å²) in [7, 11) is 0. The molecule has 5 aromatic rings. The highest BCUT2D eigenvalue weighted by Crippen LogP contribution is 2.35. The van der Waals surface area contributed by atoms with Crippen molar-refractivity contribution in [1.29, 1.82) is 0 Å². The van der Waals surface area contributed by atoms with Crippen LogP contribution in [0.15, 0.2) is 71.5 Å². The van der Waals surface area contributed by atoms with Gasteiger partial charge in [0.1, 0.15) is 24.8 Å². The number of benzene rings is 3. The minimum Gasteiger partial charge on any atom is -0.486 e.